The highest BCUT2D eigenvalue weighted by molar-refractivity contribution is 9.10. The second kappa shape index (κ2) is 7.09. The van der Waals surface area contributed by atoms with Gasteiger partial charge in [-0.1, -0.05) is 13.8 Å². The lowest BCUT2D eigenvalue weighted by atomic mass is 9.95. The Labute approximate surface area is 112 Å². The van der Waals surface area contributed by atoms with Gasteiger partial charge in [0.25, 0.3) is 0 Å². The first-order valence-corrected chi connectivity index (χ1v) is 6.80. The van der Waals surface area contributed by atoms with Gasteiger partial charge >= 0.3 is 0 Å². The summed E-state index contributed by atoms with van der Waals surface area (Å²) < 4.78 is 6.70. The van der Waals surface area contributed by atoms with Crippen molar-refractivity contribution in [2.24, 2.45) is 11.7 Å². The Kier molecular flexibility index (Phi) is 6.09. The van der Waals surface area contributed by atoms with Crippen molar-refractivity contribution in [1.82, 2.24) is 4.98 Å². The summed E-state index contributed by atoms with van der Waals surface area (Å²) in [5.74, 6) is 0.421. The van der Waals surface area contributed by atoms with Crippen molar-refractivity contribution in [1.29, 1.82) is 0 Å². The van der Waals surface area contributed by atoms with Crippen molar-refractivity contribution in [3.05, 3.63) is 28.5 Å². The fraction of sp³-hybridized carbons (Fsp3) is 0.615. The maximum Gasteiger partial charge on any atom is 0.0751 e. The molecule has 17 heavy (non-hydrogen) atoms. The van der Waals surface area contributed by atoms with Crippen LogP contribution in [0.3, 0.4) is 0 Å². The molecule has 0 bridgehead atoms. The second-order valence-corrected chi connectivity index (χ2v) is 5.46. The van der Waals surface area contributed by atoms with Crippen molar-refractivity contribution in [2.45, 2.75) is 39.3 Å². The Hall–Kier alpha value is -0.450. The van der Waals surface area contributed by atoms with E-state index in [0.29, 0.717) is 12.5 Å². The molecule has 0 fully saturated rings. The van der Waals surface area contributed by atoms with Gasteiger partial charge in [0.15, 0.2) is 0 Å². The predicted molar refractivity (Wildman–Crippen MR) is 73.9 cm³/mol. The van der Waals surface area contributed by atoms with Crippen LogP contribution in [0.5, 0.6) is 0 Å². The van der Waals surface area contributed by atoms with E-state index in [9.17, 15) is 0 Å². The number of halogens is 1. The van der Waals surface area contributed by atoms with Gasteiger partial charge in [0.1, 0.15) is 0 Å². The van der Waals surface area contributed by atoms with Crippen LogP contribution in [-0.2, 0) is 11.2 Å². The molecule has 0 aliphatic carbocycles. The number of nitrogens with zero attached hydrogens (tertiary/aromatic N) is 1. The lowest BCUT2D eigenvalue weighted by Crippen LogP contribution is -2.42. The van der Waals surface area contributed by atoms with E-state index >= 15 is 0 Å². The first-order chi connectivity index (χ1) is 8.04. The van der Waals surface area contributed by atoms with Crippen LogP contribution in [0.25, 0.3) is 0 Å². The maximum atomic E-state index is 6.22. The number of aromatic nitrogens is 1. The van der Waals surface area contributed by atoms with Crippen molar-refractivity contribution in [2.75, 3.05) is 6.61 Å². The molecule has 0 aromatic carbocycles. The van der Waals surface area contributed by atoms with Crippen LogP contribution in [0.4, 0.5) is 0 Å². The molecule has 96 valence electrons. The molecule has 2 unspecified atom stereocenters. The van der Waals surface area contributed by atoms with Crippen molar-refractivity contribution >= 4 is 15.9 Å². The first kappa shape index (κ1) is 14.6. The maximum absolute atomic E-state index is 6.22. The minimum Gasteiger partial charge on any atom is -0.377 e. The average Bonchev–Trinajstić information content (AvgIpc) is 2.25. The Morgan fingerprint density at radius 3 is 2.65 bits per heavy atom. The molecule has 1 aromatic rings. The highest BCUT2D eigenvalue weighted by atomic mass is 79.9. The molecule has 4 heteroatoms. The van der Waals surface area contributed by atoms with E-state index in [1.54, 1.807) is 6.20 Å². The van der Waals surface area contributed by atoms with Gasteiger partial charge in [-0.2, -0.15) is 0 Å². The number of pyridine rings is 1. The monoisotopic (exact) mass is 300 g/mol. The summed E-state index contributed by atoms with van der Waals surface area (Å²) in [5.41, 5.74) is 7.36. The molecule has 3 nitrogen and oxygen atoms in total. The van der Waals surface area contributed by atoms with Gasteiger partial charge in [0, 0.05) is 29.5 Å². The summed E-state index contributed by atoms with van der Waals surface area (Å²) >= 11 is 3.41. The normalized spacial score (nSPS) is 14.9. The highest BCUT2D eigenvalue weighted by Crippen LogP contribution is 2.16. The Balaban J connectivity index is 2.66. The topological polar surface area (TPSA) is 48.1 Å². The average molecular weight is 301 g/mol. The molecule has 1 aromatic heterocycles. The van der Waals surface area contributed by atoms with Crippen LogP contribution in [0.1, 0.15) is 26.3 Å². The Morgan fingerprint density at radius 1 is 1.41 bits per heavy atom. The molecule has 0 aliphatic rings. The van der Waals surface area contributed by atoms with E-state index < -0.39 is 0 Å². The lowest BCUT2D eigenvalue weighted by Gasteiger charge is -2.27. The van der Waals surface area contributed by atoms with Crippen LogP contribution in [-0.4, -0.2) is 23.7 Å². The zero-order chi connectivity index (χ0) is 12.8. The van der Waals surface area contributed by atoms with Crippen molar-refractivity contribution < 1.29 is 4.74 Å². The SMILES string of the molecule is CCOC(C(C)C)C(N)Cc1cncc(Br)c1. The highest BCUT2D eigenvalue weighted by Gasteiger charge is 2.21. The molecule has 2 atom stereocenters. The molecule has 0 amide bonds. The van der Waals surface area contributed by atoms with Gasteiger partial charge in [-0.3, -0.25) is 4.98 Å². The summed E-state index contributed by atoms with van der Waals surface area (Å²) in [6.07, 6.45) is 4.51. The van der Waals surface area contributed by atoms with E-state index in [1.807, 2.05) is 13.1 Å². The number of ether oxygens (including phenoxy) is 1. The molecule has 0 saturated carbocycles. The molecule has 1 rings (SSSR count). The molecule has 0 aliphatic heterocycles. The zero-order valence-electron chi connectivity index (χ0n) is 10.7. The minimum atomic E-state index is 0.00560. The third kappa shape index (κ3) is 4.74. The third-order valence-corrected chi connectivity index (χ3v) is 3.10. The fourth-order valence-electron chi connectivity index (χ4n) is 1.96. The summed E-state index contributed by atoms with van der Waals surface area (Å²) in [4.78, 5) is 4.14. The molecule has 0 spiro atoms. The number of rotatable bonds is 6. The van der Waals surface area contributed by atoms with Gasteiger partial charge < -0.3 is 10.5 Å². The zero-order valence-corrected chi connectivity index (χ0v) is 12.3. The van der Waals surface area contributed by atoms with Crippen LogP contribution in [0.15, 0.2) is 22.9 Å². The van der Waals surface area contributed by atoms with Gasteiger partial charge in [-0.15, -0.1) is 0 Å². The van der Waals surface area contributed by atoms with E-state index in [1.165, 1.54) is 0 Å². The Bertz CT molecular complexity index is 344. The van der Waals surface area contributed by atoms with Crippen LogP contribution in [0, 0.1) is 5.92 Å². The summed E-state index contributed by atoms with van der Waals surface area (Å²) in [6, 6.07) is 2.06. The molecule has 1 heterocycles. The molecule has 0 radical (unpaired) electrons. The van der Waals surface area contributed by atoms with E-state index in [0.717, 1.165) is 16.5 Å². The van der Waals surface area contributed by atoms with Gasteiger partial charge in [0.05, 0.1) is 6.10 Å². The largest absolute Gasteiger partial charge is 0.377 e. The van der Waals surface area contributed by atoms with Crippen molar-refractivity contribution in [3.63, 3.8) is 0 Å². The molecule has 0 saturated heterocycles. The standard InChI is InChI=1S/C13H21BrN2O/c1-4-17-13(9(2)3)12(15)6-10-5-11(14)8-16-7-10/h5,7-9,12-13H,4,6,15H2,1-3H3. The van der Waals surface area contributed by atoms with Gasteiger partial charge in [-0.05, 0) is 46.8 Å². The van der Waals surface area contributed by atoms with E-state index in [4.69, 9.17) is 10.5 Å². The predicted octanol–water partition coefficient (Wildman–Crippen LogP) is 2.78. The minimum absolute atomic E-state index is 0.00560. The first-order valence-electron chi connectivity index (χ1n) is 6.01. The summed E-state index contributed by atoms with van der Waals surface area (Å²) in [7, 11) is 0. The van der Waals surface area contributed by atoms with Crippen LogP contribution < -0.4 is 5.73 Å². The number of hydrogen-bond donors (Lipinski definition) is 1. The lowest BCUT2D eigenvalue weighted by molar-refractivity contribution is 0.0127. The van der Waals surface area contributed by atoms with E-state index in [2.05, 4.69) is 40.8 Å². The summed E-state index contributed by atoms with van der Waals surface area (Å²) in [6.45, 7) is 6.98. The van der Waals surface area contributed by atoms with Gasteiger partial charge in [0.2, 0.25) is 0 Å². The second-order valence-electron chi connectivity index (χ2n) is 4.54. The van der Waals surface area contributed by atoms with Crippen molar-refractivity contribution in [3.8, 4) is 0 Å². The summed E-state index contributed by atoms with van der Waals surface area (Å²) in [5, 5.41) is 0. The molecular weight excluding hydrogens is 280 g/mol. The van der Waals surface area contributed by atoms with Crippen LogP contribution in [0.2, 0.25) is 0 Å². The number of nitrogens with two attached hydrogens (primary N) is 1. The van der Waals surface area contributed by atoms with Crippen LogP contribution >= 0.6 is 15.9 Å². The quantitative estimate of drug-likeness (QED) is 0.879. The van der Waals surface area contributed by atoms with Gasteiger partial charge in [-0.25, -0.2) is 0 Å². The number of hydrogen-bond acceptors (Lipinski definition) is 3. The smallest absolute Gasteiger partial charge is 0.0751 e. The fourth-order valence-corrected chi connectivity index (χ4v) is 2.37. The third-order valence-electron chi connectivity index (χ3n) is 2.67. The molecule has 2 N–H and O–H groups in total. The Morgan fingerprint density at radius 2 is 2.12 bits per heavy atom. The molecular formula is C13H21BrN2O. The van der Waals surface area contributed by atoms with E-state index in [-0.39, 0.29) is 12.1 Å².